The molecule has 1 fully saturated rings. The summed E-state index contributed by atoms with van der Waals surface area (Å²) >= 11 is 0. The first kappa shape index (κ1) is 14.7. The Morgan fingerprint density at radius 1 is 1.29 bits per heavy atom. The third-order valence-electron chi connectivity index (χ3n) is 4.63. The molecule has 1 aliphatic rings. The second-order valence-corrected chi connectivity index (χ2v) is 6.17. The summed E-state index contributed by atoms with van der Waals surface area (Å²) in [6.07, 6.45) is 8.49. The summed E-state index contributed by atoms with van der Waals surface area (Å²) in [6, 6.07) is -0.0322. The lowest BCUT2D eigenvalue weighted by atomic mass is 10.1. The molecule has 0 saturated carbocycles. The number of hydrogen-bond donors (Lipinski definition) is 1. The minimum atomic E-state index is -0.279. The van der Waals surface area contributed by atoms with Gasteiger partial charge in [-0.25, -0.2) is 0 Å². The summed E-state index contributed by atoms with van der Waals surface area (Å²) in [7, 11) is 3.60. The topological polar surface area (TPSA) is 88.8 Å². The number of aromatic nitrogens is 5. The Hall–Kier alpha value is -2.90. The molecule has 8 nitrogen and oxygen atoms in total. The van der Waals surface area contributed by atoms with Crippen LogP contribution in [-0.2, 0) is 14.1 Å². The maximum Gasteiger partial charge on any atom is 0.259 e. The van der Waals surface area contributed by atoms with Crippen LogP contribution in [0.5, 0.6) is 0 Å². The maximum atomic E-state index is 13.0. The first-order chi connectivity index (χ1) is 11.6. The van der Waals surface area contributed by atoms with Crippen LogP contribution in [0.25, 0.3) is 11.0 Å². The number of fused-ring (bicyclic) bond motifs is 1. The number of likely N-dealkylation sites (tertiary alicyclic amines) is 1. The van der Waals surface area contributed by atoms with E-state index in [2.05, 4.69) is 15.2 Å². The van der Waals surface area contributed by atoms with Gasteiger partial charge in [0.25, 0.3) is 5.91 Å². The van der Waals surface area contributed by atoms with Gasteiger partial charge in [0.1, 0.15) is 11.2 Å². The van der Waals surface area contributed by atoms with Gasteiger partial charge >= 0.3 is 0 Å². The molecule has 0 spiro atoms. The van der Waals surface area contributed by atoms with Gasteiger partial charge in [-0.3, -0.25) is 19.0 Å². The van der Waals surface area contributed by atoms with Gasteiger partial charge in [0.05, 0.1) is 23.8 Å². The van der Waals surface area contributed by atoms with Crippen LogP contribution in [0.3, 0.4) is 0 Å². The molecular formula is C16H18N6O2. The van der Waals surface area contributed by atoms with E-state index in [1.54, 1.807) is 27.5 Å². The van der Waals surface area contributed by atoms with Crippen molar-refractivity contribution in [1.82, 2.24) is 29.4 Å². The van der Waals surface area contributed by atoms with E-state index in [4.69, 9.17) is 0 Å². The average Bonchev–Trinajstić information content (AvgIpc) is 3.27. The lowest BCUT2D eigenvalue weighted by molar-refractivity contribution is 0.0734. The number of nitrogens with one attached hydrogen (secondary N) is 1. The number of carbonyl (C=O) groups excluding carboxylic acids is 1. The van der Waals surface area contributed by atoms with E-state index in [1.165, 1.54) is 12.4 Å². The molecule has 4 rings (SSSR count). The summed E-state index contributed by atoms with van der Waals surface area (Å²) in [6.45, 7) is 0.642. The minimum Gasteiger partial charge on any atom is -0.345 e. The van der Waals surface area contributed by atoms with Crippen molar-refractivity contribution in [3.63, 3.8) is 0 Å². The molecule has 0 aliphatic carbocycles. The summed E-state index contributed by atoms with van der Waals surface area (Å²) in [4.78, 5) is 30.4. The number of pyridine rings is 1. The van der Waals surface area contributed by atoms with Crippen LogP contribution >= 0.6 is 0 Å². The fraction of sp³-hybridized carbons (Fsp3) is 0.375. The minimum absolute atomic E-state index is 0.0322. The van der Waals surface area contributed by atoms with Gasteiger partial charge in [-0.2, -0.15) is 10.2 Å². The zero-order chi connectivity index (χ0) is 16.8. The Morgan fingerprint density at radius 2 is 2.12 bits per heavy atom. The van der Waals surface area contributed by atoms with E-state index in [9.17, 15) is 9.59 Å². The fourth-order valence-corrected chi connectivity index (χ4v) is 3.41. The van der Waals surface area contributed by atoms with Crippen molar-refractivity contribution in [2.24, 2.45) is 14.1 Å². The summed E-state index contributed by atoms with van der Waals surface area (Å²) in [5.41, 5.74) is 1.49. The number of H-pyrrole nitrogens is 1. The Bertz CT molecular complexity index is 982. The van der Waals surface area contributed by atoms with Crippen molar-refractivity contribution >= 4 is 16.9 Å². The smallest absolute Gasteiger partial charge is 0.259 e. The second kappa shape index (κ2) is 5.33. The van der Waals surface area contributed by atoms with E-state index in [0.29, 0.717) is 17.6 Å². The van der Waals surface area contributed by atoms with Crippen LogP contribution in [0.1, 0.15) is 34.8 Å². The van der Waals surface area contributed by atoms with E-state index in [1.807, 2.05) is 13.2 Å². The lowest BCUT2D eigenvalue weighted by Crippen LogP contribution is -2.34. The summed E-state index contributed by atoms with van der Waals surface area (Å²) in [5, 5.41) is 8.69. The highest BCUT2D eigenvalue weighted by Gasteiger charge is 2.32. The van der Waals surface area contributed by atoms with E-state index < -0.39 is 0 Å². The van der Waals surface area contributed by atoms with Crippen molar-refractivity contribution in [2.45, 2.75) is 18.9 Å². The third-order valence-corrected chi connectivity index (χ3v) is 4.63. The Kier molecular flexibility index (Phi) is 3.26. The predicted molar refractivity (Wildman–Crippen MR) is 87.6 cm³/mol. The van der Waals surface area contributed by atoms with Crippen molar-refractivity contribution in [2.75, 3.05) is 6.54 Å². The van der Waals surface area contributed by atoms with Crippen LogP contribution in [0.2, 0.25) is 0 Å². The number of nitrogens with zero attached hydrogens (tertiary/aromatic N) is 5. The normalized spacial score (nSPS) is 17.8. The number of hydrogen-bond acceptors (Lipinski definition) is 4. The van der Waals surface area contributed by atoms with Crippen LogP contribution in [0.15, 0.2) is 29.6 Å². The molecule has 1 atom stereocenters. The van der Waals surface area contributed by atoms with Gasteiger partial charge in [-0.05, 0) is 12.8 Å². The number of carbonyl (C=O) groups is 1. The highest BCUT2D eigenvalue weighted by atomic mass is 16.2. The molecule has 1 amide bonds. The third kappa shape index (κ3) is 2.14. The molecule has 1 N–H and O–H groups in total. The van der Waals surface area contributed by atoms with Crippen molar-refractivity contribution in [1.29, 1.82) is 0 Å². The maximum absolute atomic E-state index is 13.0. The van der Waals surface area contributed by atoms with Gasteiger partial charge in [0.15, 0.2) is 0 Å². The van der Waals surface area contributed by atoms with Crippen LogP contribution in [0, 0.1) is 0 Å². The molecule has 24 heavy (non-hydrogen) atoms. The van der Waals surface area contributed by atoms with Crippen molar-refractivity contribution in [3.05, 3.63) is 46.1 Å². The number of amides is 1. The van der Waals surface area contributed by atoms with Gasteiger partial charge in [0, 0.05) is 38.6 Å². The zero-order valence-corrected chi connectivity index (χ0v) is 13.6. The van der Waals surface area contributed by atoms with Crippen LogP contribution in [0.4, 0.5) is 0 Å². The van der Waals surface area contributed by atoms with E-state index in [-0.39, 0.29) is 22.9 Å². The molecule has 8 heteroatoms. The Labute approximate surface area is 137 Å². The molecule has 3 aromatic heterocycles. The molecule has 0 radical (unpaired) electrons. The van der Waals surface area contributed by atoms with E-state index in [0.717, 1.165) is 18.4 Å². The summed E-state index contributed by atoms with van der Waals surface area (Å²) in [5.74, 6) is -0.242. The van der Waals surface area contributed by atoms with Gasteiger partial charge in [-0.1, -0.05) is 0 Å². The average molecular weight is 326 g/mol. The first-order valence-electron chi connectivity index (χ1n) is 7.89. The molecule has 4 heterocycles. The summed E-state index contributed by atoms with van der Waals surface area (Å²) < 4.78 is 3.31. The molecular weight excluding hydrogens is 308 g/mol. The Morgan fingerprint density at radius 3 is 2.88 bits per heavy atom. The molecule has 1 saturated heterocycles. The monoisotopic (exact) mass is 326 g/mol. The molecule has 0 bridgehead atoms. The quantitative estimate of drug-likeness (QED) is 0.760. The molecule has 124 valence electrons. The number of aryl methyl sites for hydroxylation is 2. The standard InChI is InChI=1S/C16H18N6O2/c1-20-9-10(6-18-20)13-4-3-5-22(13)16(24)12-7-17-15-11(14(12)23)8-19-21(15)2/h6-9,13H,3-5H2,1-2H3,(H,17,23)/t13-/m0/s1. The van der Waals surface area contributed by atoms with Gasteiger partial charge < -0.3 is 9.88 Å². The fourth-order valence-electron chi connectivity index (χ4n) is 3.41. The van der Waals surface area contributed by atoms with Crippen molar-refractivity contribution in [3.8, 4) is 0 Å². The van der Waals surface area contributed by atoms with Gasteiger partial charge in [0.2, 0.25) is 5.43 Å². The highest BCUT2D eigenvalue weighted by Crippen LogP contribution is 2.32. The number of aromatic amines is 1. The second-order valence-electron chi connectivity index (χ2n) is 6.17. The van der Waals surface area contributed by atoms with Gasteiger partial charge in [-0.15, -0.1) is 0 Å². The first-order valence-corrected chi connectivity index (χ1v) is 7.89. The van der Waals surface area contributed by atoms with E-state index >= 15 is 0 Å². The predicted octanol–water partition coefficient (Wildman–Crippen LogP) is 0.972. The zero-order valence-electron chi connectivity index (χ0n) is 13.6. The SMILES string of the molecule is Cn1cc([C@@H]2CCCN2C(=O)c2c[nH]c3c(cnn3C)c2=O)cn1. The number of rotatable bonds is 2. The van der Waals surface area contributed by atoms with Crippen molar-refractivity contribution < 1.29 is 4.79 Å². The van der Waals surface area contributed by atoms with Crippen LogP contribution < -0.4 is 5.43 Å². The molecule has 3 aromatic rings. The highest BCUT2D eigenvalue weighted by molar-refractivity contribution is 5.97. The largest absolute Gasteiger partial charge is 0.345 e. The van der Waals surface area contributed by atoms with Crippen LogP contribution in [-0.4, -0.2) is 41.9 Å². The molecule has 1 aliphatic heterocycles. The molecule has 0 aromatic carbocycles. The molecule has 0 unspecified atom stereocenters. The Balaban J connectivity index is 1.73. The lowest BCUT2D eigenvalue weighted by Gasteiger charge is -2.23.